The third-order valence-corrected chi connectivity index (χ3v) is 3.67. The molecule has 2 aliphatic rings. The molecular weight excluding hydrogens is 240 g/mol. The monoisotopic (exact) mass is 260 g/mol. The summed E-state index contributed by atoms with van der Waals surface area (Å²) in [6.45, 7) is 3.39. The van der Waals surface area contributed by atoms with Crippen molar-refractivity contribution >= 4 is 5.91 Å². The van der Waals surface area contributed by atoms with Gasteiger partial charge in [-0.15, -0.1) is 0 Å². The number of ether oxygens (including phenoxy) is 1. The molecule has 3 rings (SSSR count). The quantitative estimate of drug-likeness (QED) is 0.811. The summed E-state index contributed by atoms with van der Waals surface area (Å²) in [5, 5.41) is 6.22. The zero-order chi connectivity index (χ0) is 13.1. The molecule has 0 bridgehead atoms. The Kier molecular flexibility index (Phi) is 3.80. The Morgan fingerprint density at radius 2 is 2.16 bits per heavy atom. The SMILES string of the molecule is O=C(COCC1CC1)NCc1ccc2c(c1)CNC2. The fourth-order valence-corrected chi connectivity index (χ4v) is 2.31. The first-order valence-electron chi connectivity index (χ1n) is 6.97. The molecule has 1 aliphatic carbocycles. The van der Waals surface area contributed by atoms with Gasteiger partial charge in [0.05, 0.1) is 6.61 Å². The number of carbonyl (C=O) groups excluding carboxylic acids is 1. The van der Waals surface area contributed by atoms with Crippen LogP contribution in [0.2, 0.25) is 0 Å². The fraction of sp³-hybridized carbons (Fsp3) is 0.533. The molecule has 19 heavy (non-hydrogen) atoms. The van der Waals surface area contributed by atoms with Crippen molar-refractivity contribution in [2.75, 3.05) is 13.2 Å². The van der Waals surface area contributed by atoms with E-state index in [1.165, 1.54) is 24.0 Å². The second kappa shape index (κ2) is 5.72. The average Bonchev–Trinajstić information content (AvgIpc) is 3.12. The highest BCUT2D eigenvalue weighted by molar-refractivity contribution is 5.77. The van der Waals surface area contributed by atoms with Crippen LogP contribution < -0.4 is 10.6 Å². The molecule has 0 aromatic heterocycles. The number of hydrogen-bond donors (Lipinski definition) is 2. The van der Waals surface area contributed by atoms with E-state index in [1.807, 2.05) is 0 Å². The normalized spacial score (nSPS) is 17.3. The fourth-order valence-electron chi connectivity index (χ4n) is 2.31. The first-order valence-corrected chi connectivity index (χ1v) is 6.97. The number of carbonyl (C=O) groups is 1. The highest BCUT2D eigenvalue weighted by atomic mass is 16.5. The second-order valence-corrected chi connectivity index (χ2v) is 5.44. The van der Waals surface area contributed by atoms with Crippen molar-refractivity contribution < 1.29 is 9.53 Å². The van der Waals surface area contributed by atoms with Crippen LogP contribution in [0.4, 0.5) is 0 Å². The number of nitrogens with one attached hydrogen (secondary N) is 2. The molecule has 1 aromatic carbocycles. The molecule has 1 fully saturated rings. The molecule has 1 aliphatic heterocycles. The van der Waals surface area contributed by atoms with E-state index >= 15 is 0 Å². The summed E-state index contributed by atoms with van der Waals surface area (Å²) in [5.41, 5.74) is 3.86. The number of fused-ring (bicyclic) bond motifs is 1. The van der Waals surface area contributed by atoms with E-state index in [2.05, 4.69) is 28.8 Å². The first-order chi connectivity index (χ1) is 9.31. The number of benzene rings is 1. The van der Waals surface area contributed by atoms with Gasteiger partial charge in [0.15, 0.2) is 0 Å². The molecular formula is C15H20N2O2. The maximum absolute atomic E-state index is 11.6. The van der Waals surface area contributed by atoms with Gasteiger partial charge in [0.1, 0.15) is 6.61 Å². The minimum Gasteiger partial charge on any atom is -0.371 e. The van der Waals surface area contributed by atoms with Crippen molar-refractivity contribution in [3.63, 3.8) is 0 Å². The number of amides is 1. The van der Waals surface area contributed by atoms with Crippen molar-refractivity contribution in [2.45, 2.75) is 32.5 Å². The average molecular weight is 260 g/mol. The molecule has 102 valence electrons. The summed E-state index contributed by atoms with van der Waals surface area (Å²) >= 11 is 0. The molecule has 1 amide bonds. The predicted octanol–water partition coefficient (Wildman–Crippen LogP) is 1.33. The van der Waals surface area contributed by atoms with Crippen LogP contribution in [0, 0.1) is 5.92 Å². The van der Waals surface area contributed by atoms with Crippen molar-refractivity contribution in [1.82, 2.24) is 10.6 Å². The zero-order valence-corrected chi connectivity index (χ0v) is 11.1. The lowest BCUT2D eigenvalue weighted by Gasteiger charge is -2.07. The summed E-state index contributed by atoms with van der Waals surface area (Å²) in [5.74, 6) is 0.677. The molecule has 0 radical (unpaired) electrons. The second-order valence-electron chi connectivity index (χ2n) is 5.44. The molecule has 0 spiro atoms. The zero-order valence-electron chi connectivity index (χ0n) is 11.1. The molecule has 4 nitrogen and oxygen atoms in total. The van der Waals surface area contributed by atoms with Gasteiger partial charge in [-0.2, -0.15) is 0 Å². The number of rotatable bonds is 6. The Bertz CT molecular complexity index is 469. The van der Waals surface area contributed by atoms with E-state index in [9.17, 15) is 4.79 Å². The Morgan fingerprint density at radius 1 is 1.32 bits per heavy atom. The number of hydrogen-bond acceptors (Lipinski definition) is 3. The smallest absolute Gasteiger partial charge is 0.246 e. The van der Waals surface area contributed by atoms with Gasteiger partial charge in [-0.3, -0.25) is 4.79 Å². The summed E-state index contributed by atoms with van der Waals surface area (Å²) in [6.07, 6.45) is 2.51. The molecule has 1 saturated carbocycles. The van der Waals surface area contributed by atoms with Crippen LogP contribution in [0.15, 0.2) is 18.2 Å². The largest absolute Gasteiger partial charge is 0.371 e. The van der Waals surface area contributed by atoms with Gasteiger partial charge in [0.25, 0.3) is 0 Å². The van der Waals surface area contributed by atoms with Gasteiger partial charge in [-0.05, 0) is 35.4 Å². The molecule has 0 saturated heterocycles. The highest BCUT2D eigenvalue weighted by Gasteiger charge is 2.21. The third-order valence-electron chi connectivity index (χ3n) is 3.67. The van der Waals surface area contributed by atoms with Crippen LogP contribution in [-0.4, -0.2) is 19.1 Å². The first kappa shape index (κ1) is 12.6. The third kappa shape index (κ3) is 3.55. The van der Waals surface area contributed by atoms with E-state index < -0.39 is 0 Å². The van der Waals surface area contributed by atoms with E-state index in [0.29, 0.717) is 12.5 Å². The molecule has 0 unspecified atom stereocenters. The van der Waals surface area contributed by atoms with Crippen molar-refractivity contribution in [3.8, 4) is 0 Å². The van der Waals surface area contributed by atoms with Gasteiger partial charge in [0.2, 0.25) is 5.91 Å². The Morgan fingerprint density at radius 3 is 3.00 bits per heavy atom. The molecule has 4 heteroatoms. The van der Waals surface area contributed by atoms with E-state index in [-0.39, 0.29) is 12.5 Å². The van der Waals surface area contributed by atoms with Gasteiger partial charge in [0, 0.05) is 19.6 Å². The predicted molar refractivity (Wildman–Crippen MR) is 72.4 cm³/mol. The van der Waals surface area contributed by atoms with Gasteiger partial charge >= 0.3 is 0 Å². The van der Waals surface area contributed by atoms with Crippen LogP contribution >= 0.6 is 0 Å². The summed E-state index contributed by atoms with van der Waals surface area (Å²) in [4.78, 5) is 11.6. The van der Waals surface area contributed by atoms with Crippen molar-refractivity contribution in [1.29, 1.82) is 0 Å². The molecule has 2 N–H and O–H groups in total. The van der Waals surface area contributed by atoms with E-state index in [1.54, 1.807) is 0 Å². The Hall–Kier alpha value is -1.39. The molecule has 0 atom stereocenters. The van der Waals surface area contributed by atoms with Crippen molar-refractivity contribution in [3.05, 3.63) is 34.9 Å². The minimum absolute atomic E-state index is 0.0285. The maximum atomic E-state index is 11.6. The molecule has 1 heterocycles. The van der Waals surface area contributed by atoms with Crippen LogP contribution in [0.1, 0.15) is 29.5 Å². The maximum Gasteiger partial charge on any atom is 0.246 e. The summed E-state index contributed by atoms with van der Waals surface area (Å²) in [6, 6.07) is 6.39. The topological polar surface area (TPSA) is 50.4 Å². The van der Waals surface area contributed by atoms with Crippen molar-refractivity contribution in [2.24, 2.45) is 5.92 Å². The van der Waals surface area contributed by atoms with Crippen LogP contribution in [-0.2, 0) is 29.2 Å². The van der Waals surface area contributed by atoms with E-state index in [0.717, 1.165) is 25.3 Å². The van der Waals surface area contributed by atoms with Gasteiger partial charge in [-0.1, -0.05) is 18.2 Å². The minimum atomic E-state index is -0.0285. The molecule has 1 aromatic rings. The lowest BCUT2D eigenvalue weighted by molar-refractivity contribution is -0.126. The lowest BCUT2D eigenvalue weighted by Crippen LogP contribution is -2.27. The van der Waals surface area contributed by atoms with E-state index in [4.69, 9.17) is 4.74 Å². The van der Waals surface area contributed by atoms with Crippen LogP contribution in [0.5, 0.6) is 0 Å². The Labute approximate surface area is 113 Å². The standard InChI is InChI=1S/C15H20N2O2/c18-15(10-19-9-11-1-2-11)17-6-12-3-4-13-7-16-8-14(13)5-12/h3-5,11,16H,1-2,6-10H2,(H,17,18). The van der Waals surface area contributed by atoms with Crippen LogP contribution in [0.25, 0.3) is 0 Å². The highest BCUT2D eigenvalue weighted by Crippen LogP contribution is 2.28. The van der Waals surface area contributed by atoms with Crippen LogP contribution in [0.3, 0.4) is 0 Å². The van der Waals surface area contributed by atoms with Gasteiger partial charge < -0.3 is 15.4 Å². The van der Waals surface area contributed by atoms with Gasteiger partial charge in [-0.25, -0.2) is 0 Å². The Balaban J connectivity index is 1.42. The lowest BCUT2D eigenvalue weighted by atomic mass is 10.1. The summed E-state index contributed by atoms with van der Waals surface area (Å²) in [7, 11) is 0. The summed E-state index contributed by atoms with van der Waals surface area (Å²) < 4.78 is 5.36.